The van der Waals surface area contributed by atoms with Crippen LogP contribution in [0.1, 0.15) is 53.4 Å². The standard InChI is InChI=1S/C5H11NO.C5H10.C2H6/c7-4-5-2-1-3-6-5;1-5(2)3-4-5;1-2/h5-7H,1-4H2;3-4H2,1-2H3;1-2H3/t5-;;/m0../s1. The zero-order valence-electron chi connectivity index (χ0n) is 10.3. The molecule has 2 fully saturated rings. The van der Waals surface area contributed by atoms with Gasteiger partial charge in [0.05, 0.1) is 6.61 Å². The second-order valence-electron chi connectivity index (χ2n) is 4.64. The van der Waals surface area contributed by atoms with Crippen molar-refractivity contribution in [2.75, 3.05) is 13.2 Å². The van der Waals surface area contributed by atoms with Crippen LogP contribution in [0.2, 0.25) is 0 Å². The van der Waals surface area contributed by atoms with Crippen molar-refractivity contribution in [2.24, 2.45) is 5.41 Å². The number of nitrogens with one attached hydrogen (secondary N) is 1. The highest BCUT2D eigenvalue weighted by molar-refractivity contribution is 4.82. The van der Waals surface area contributed by atoms with E-state index in [0.717, 1.165) is 18.4 Å². The fourth-order valence-electron chi connectivity index (χ4n) is 1.16. The van der Waals surface area contributed by atoms with Gasteiger partial charge in [-0.3, -0.25) is 0 Å². The maximum Gasteiger partial charge on any atom is 0.0584 e. The minimum Gasteiger partial charge on any atom is -0.395 e. The number of rotatable bonds is 1. The van der Waals surface area contributed by atoms with Crippen LogP contribution in [-0.2, 0) is 0 Å². The summed E-state index contributed by atoms with van der Waals surface area (Å²) < 4.78 is 0. The lowest BCUT2D eigenvalue weighted by Gasteiger charge is -2.01. The van der Waals surface area contributed by atoms with E-state index in [4.69, 9.17) is 5.11 Å². The molecule has 1 heterocycles. The Kier molecular flexibility index (Phi) is 7.20. The molecule has 1 aliphatic carbocycles. The first-order chi connectivity index (χ1) is 6.64. The van der Waals surface area contributed by atoms with Gasteiger partial charge in [0, 0.05) is 6.04 Å². The molecule has 2 heteroatoms. The minimum absolute atomic E-state index is 0.306. The first-order valence-corrected chi connectivity index (χ1v) is 5.98. The van der Waals surface area contributed by atoms with Crippen molar-refractivity contribution in [1.82, 2.24) is 5.32 Å². The summed E-state index contributed by atoms with van der Waals surface area (Å²) in [7, 11) is 0. The van der Waals surface area contributed by atoms with Gasteiger partial charge in [0.1, 0.15) is 0 Å². The topological polar surface area (TPSA) is 32.3 Å². The quantitative estimate of drug-likeness (QED) is 0.683. The molecule has 0 amide bonds. The average molecular weight is 201 g/mol. The highest BCUT2D eigenvalue weighted by Gasteiger charge is 2.30. The third-order valence-corrected chi connectivity index (χ3v) is 2.63. The molecule has 2 aliphatic rings. The van der Waals surface area contributed by atoms with Crippen LogP contribution in [0, 0.1) is 5.41 Å². The van der Waals surface area contributed by atoms with Gasteiger partial charge in [0.25, 0.3) is 0 Å². The number of aliphatic hydroxyl groups excluding tert-OH is 1. The lowest BCUT2D eigenvalue weighted by Crippen LogP contribution is -2.24. The van der Waals surface area contributed by atoms with E-state index in [0.29, 0.717) is 12.6 Å². The Morgan fingerprint density at radius 2 is 1.79 bits per heavy atom. The van der Waals surface area contributed by atoms with Gasteiger partial charge < -0.3 is 10.4 Å². The van der Waals surface area contributed by atoms with E-state index >= 15 is 0 Å². The van der Waals surface area contributed by atoms with E-state index in [2.05, 4.69) is 19.2 Å². The molecule has 86 valence electrons. The normalized spacial score (nSPS) is 26.8. The largest absolute Gasteiger partial charge is 0.395 e. The number of aliphatic hydroxyl groups is 1. The number of hydrogen-bond donors (Lipinski definition) is 2. The maximum absolute atomic E-state index is 8.50. The third-order valence-electron chi connectivity index (χ3n) is 2.63. The van der Waals surface area contributed by atoms with Gasteiger partial charge in [0.2, 0.25) is 0 Å². The fraction of sp³-hybridized carbons (Fsp3) is 1.00. The molecule has 0 bridgehead atoms. The van der Waals surface area contributed by atoms with Crippen molar-refractivity contribution < 1.29 is 5.11 Å². The minimum atomic E-state index is 0.306. The van der Waals surface area contributed by atoms with Crippen molar-refractivity contribution in [2.45, 2.75) is 59.4 Å². The Morgan fingerprint density at radius 1 is 1.29 bits per heavy atom. The van der Waals surface area contributed by atoms with Crippen LogP contribution in [0.25, 0.3) is 0 Å². The molecule has 2 rings (SSSR count). The van der Waals surface area contributed by atoms with Gasteiger partial charge in [-0.15, -0.1) is 0 Å². The molecule has 0 radical (unpaired) electrons. The van der Waals surface area contributed by atoms with E-state index < -0.39 is 0 Å². The van der Waals surface area contributed by atoms with Gasteiger partial charge >= 0.3 is 0 Å². The van der Waals surface area contributed by atoms with Crippen molar-refractivity contribution in [1.29, 1.82) is 0 Å². The van der Waals surface area contributed by atoms with Gasteiger partial charge in [-0.2, -0.15) is 0 Å². The summed E-state index contributed by atoms with van der Waals surface area (Å²) in [5, 5.41) is 11.7. The van der Waals surface area contributed by atoms with Crippen LogP contribution < -0.4 is 5.32 Å². The molecule has 2 nitrogen and oxygen atoms in total. The highest BCUT2D eigenvalue weighted by atomic mass is 16.3. The highest BCUT2D eigenvalue weighted by Crippen LogP contribution is 2.43. The SMILES string of the molecule is CC.CC1(C)CC1.OC[C@@H]1CCCN1. The monoisotopic (exact) mass is 201 g/mol. The first kappa shape index (κ1) is 13.9. The van der Waals surface area contributed by atoms with Crippen LogP contribution in [0.5, 0.6) is 0 Å². The average Bonchev–Trinajstić information content (AvgIpc) is 2.76. The summed E-state index contributed by atoms with van der Waals surface area (Å²) in [5.74, 6) is 0. The molecule has 1 aliphatic heterocycles. The number of hydrogen-bond acceptors (Lipinski definition) is 2. The molecule has 0 aromatic rings. The third kappa shape index (κ3) is 7.34. The van der Waals surface area contributed by atoms with E-state index in [9.17, 15) is 0 Å². The predicted molar refractivity (Wildman–Crippen MR) is 62.5 cm³/mol. The van der Waals surface area contributed by atoms with Crippen molar-refractivity contribution in [3.8, 4) is 0 Å². The molecule has 0 unspecified atom stereocenters. The Bertz CT molecular complexity index is 122. The van der Waals surface area contributed by atoms with Crippen molar-refractivity contribution in [3.05, 3.63) is 0 Å². The van der Waals surface area contributed by atoms with Crippen LogP contribution in [0.4, 0.5) is 0 Å². The maximum atomic E-state index is 8.50. The molecule has 1 atom stereocenters. The van der Waals surface area contributed by atoms with E-state index in [1.165, 1.54) is 19.3 Å². The molecular weight excluding hydrogens is 174 g/mol. The Hall–Kier alpha value is -0.0800. The fourth-order valence-corrected chi connectivity index (χ4v) is 1.16. The summed E-state index contributed by atoms with van der Waals surface area (Å²) in [6.45, 7) is 9.99. The summed E-state index contributed by atoms with van der Waals surface area (Å²) in [6.07, 6.45) is 5.28. The predicted octanol–water partition coefficient (Wildman–Crippen LogP) is 2.56. The molecular formula is C12H27NO. The molecule has 2 N–H and O–H groups in total. The van der Waals surface area contributed by atoms with Gasteiger partial charge in [0.15, 0.2) is 0 Å². The Morgan fingerprint density at radius 3 is 1.93 bits per heavy atom. The van der Waals surface area contributed by atoms with Crippen LogP contribution in [0.15, 0.2) is 0 Å². The summed E-state index contributed by atoms with van der Waals surface area (Å²) in [5.41, 5.74) is 0.750. The van der Waals surface area contributed by atoms with Gasteiger partial charge in [-0.25, -0.2) is 0 Å². The molecule has 1 saturated heterocycles. The van der Waals surface area contributed by atoms with Crippen molar-refractivity contribution >= 4 is 0 Å². The smallest absolute Gasteiger partial charge is 0.0584 e. The Balaban J connectivity index is 0.000000213. The summed E-state index contributed by atoms with van der Waals surface area (Å²) >= 11 is 0. The summed E-state index contributed by atoms with van der Waals surface area (Å²) in [4.78, 5) is 0. The van der Waals surface area contributed by atoms with Gasteiger partial charge in [-0.1, -0.05) is 27.7 Å². The van der Waals surface area contributed by atoms with Crippen LogP contribution in [-0.4, -0.2) is 24.3 Å². The molecule has 14 heavy (non-hydrogen) atoms. The molecule has 0 aromatic heterocycles. The zero-order valence-corrected chi connectivity index (χ0v) is 10.3. The molecule has 1 saturated carbocycles. The van der Waals surface area contributed by atoms with Crippen molar-refractivity contribution in [3.63, 3.8) is 0 Å². The molecule has 0 spiro atoms. The molecule has 0 aromatic carbocycles. The van der Waals surface area contributed by atoms with E-state index in [1.54, 1.807) is 0 Å². The van der Waals surface area contributed by atoms with Gasteiger partial charge in [-0.05, 0) is 37.6 Å². The Labute approximate surface area is 89.1 Å². The summed E-state index contributed by atoms with van der Waals surface area (Å²) in [6, 6.07) is 0.403. The lowest BCUT2D eigenvalue weighted by molar-refractivity contribution is 0.255. The van der Waals surface area contributed by atoms with E-state index in [1.807, 2.05) is 13.8 Å². The first-order valence-electron chi connectivity index (χ1n) is 5.98. The van der Waals surface area contributed by atoms with E-state index in [-0.39, 0.29) is 0 Å². The second-order valence-corrected chi connectivity index (χ2v) is 4.64. The second kappa shape index (κ2) is 7.24. The van der Waals surface area contributed by atoms with Crippen LogP contribution in [0.3, 0.4) is 0 Å². The zero-order chi connectivity index (χ0) is 11.0. The lowest BCUT2D eigenvalue weighted by atomic mass is 10.2. The van der Waals surface area contributed by atoms with Crippen LogP contribution >= 0.6 is 0 Å².